The first-order chi connectivity index (χ1) is 7.46. The molecule has 1 aromatic carbocycles. The van der Waals surface area contributed by atoms with Gasteiger partial charge in [0, 0.05) is 5.33 Å². The molecule has 1 rings (SSSR count). The van der Waals surface area contributed by atoms with Crippen LogP contribution < -0.4 is 0 Å². The lowest BCUT2D eigenvalue weighted by Crippen LogP contribution is -2.19. The van der Waals surface area contributed by atoms with Crippen LogP contribution in [0, 0.1) is 11.3 Å². The van der Waals surface area contributed by atoms with Crippen LogP contribution in [0.4, 0.5) is 13.2 Å². The highest BCUT2D eigenvalue weighted by atomic mass is 79.9. The summed E-state index contributed by atoms with van der Waals surface area (Å²) in [7, 11) is 0. The van der Waals surface area contributed by atoms with E-state index in [4.69, 9.17) is 5.26 Å². The van der Waals surface area contributed by atoms with Crippen LogP contribution in [0.25, 0.3) is 0 Å². The normalized spacial score (nSPS) is 13.2. The Morgan fingerprint density at radius 1 is 1.31 bits per heavy atom. The molecule has 16 heavy (non-hydrogen) atoms. The van der Waals surface area contributed by atoms with E-state index < -0.39 is 12.5 Å². The molecule has 0 aliphatic rings. The number of hydrogen-bond donors (Lipinski definition) is 0. The Labute approximate surface area is 98.8 Å². The number of rotatable bonds is 3. The molecule has 0 saturated carbocycles. The zero-order valence-electron chi connectivity index (χ0n) is 7.96. The summed E-state index contributed by atoms with van der Waals surface area (Å²) in [5.74, 6) is 0. The second kappa shape index (κ2) is 5.32. The summed E-state index contributed by atoms with van der Waals surface area (Å²) in [6.07, 6.45) is -5.78. The fourth-order valence-corrected chi connectivity index (χ4v) is 1.63. The lowest BCUT2D eigenvalue weighted by atomic mass is 10.1. The maximum Gasteiger partial charge on any atom is 0.523 e. The summed E-state index contributed by atoms with van der Waals surface area (Å²) < 4.78 is 40.0. The average Bonchev–Trinajstić information content (AvgIpc) is 2.25. The molecule has 0 heterocycles. The summed E-state index contributed by atoms with van der Waals surface area (Å²) in [4.78, 5) is 0. The molecule has 6 heteroatoms. The maximum atomic E-state index is 12.0. The molecule has 1 atom stereocenters. The van der Waals surface area contributed by atoms with Crippen molar-refractivity contribution < 1.29 is 17.9 Å². The monoisotopic (exact) mass is 293 g/mol. The molecular formula is C10H7BrF3NO. The molecule has 0 amide bonds. The quantitative estimate of drug-likeness (QED) is 0.799. The number of hydrogen-bond acceptors (Lipinski definition) is 2. The van der Waals surface area contributed by atoms with Crippen LogP contribution in [0.2, 0.25) is 0 Å². The summed E-state index contributed by atoms with van der Waals surface area (Å²) in [5, 5.41) is 8.57. The lowest BCUT2D eigenvalue weighted by molar-refractivity contribution is -0.341. The zero-order valence-corrected chi connectivity index (χ0v) is 9.55. The average molecular weight is 294 g/mol. The molecule has 0 aliphatic heterocycles. The van der Waals surface area contributed by atoms with E-state index in [-0.39, 0.29) is 5.33 Å². The van der Waals surface area contributed by atoms with Gasteiger partial charge in [-0.1, -0.05) is 28.1 Å². The van der Waals surface area contributed by atoms with Gasteiger partial charge < -0.3 is 0 Å². The molecule has 86 valence electrons. The molecule has 0 aromatic heterocycles. The van der Waals surface area contributed by atoms with Gasteiger partial charge in [-0.25, -0.2) is 0 Å². The van der Waals surface area contributed by atoms with Crippen molar-refractivity contribution in [2.75, 3.05) is 5.33 Å². The molecule has 0 saturated heterocycles. The Balaban J connectivity index is 2.84. The van der Waals surface area contributed by atoms with E-state index in [2.05, 4.69) is 20.7 Å². The number of alkyl halides is 4. The van der Waals surface area contributed by atoms with E-state index in [1.807, 2.05) is 6.07 Å². The van der Waals surface area contributed by atoms with Gasteiger partial charge in [-0.15, -0.1) is 13.2 Å². The second-order valence-corrected chi connectivity index (χ2v) is 3.59. The molecule has 0 N–H and O–H groups in total. The van der Waals surface area contributed by atoms with E-state index in [1.165, 1.54) is 24.3 Å². The van der Waals surface area contributed by atoms with Crippen molar-refractivity contribution in [1.82, 2.24) is 0 Å². The number of halogens is 4. The van der Waals surface area contributed by atoms with Crippen molar-refractivity contribution in [3.05, 3.63) is 35.4 Å². The van der Waals surface area contributed by atoms with E-state index in [1.54, 1.807) is 0 Å². The standard InChI is InChI=1S/C10H7BrF3NO/c11-5-9(16-10(12,13)14)8-3-1-7(6-15)2-4-8/h1-4,9H,5H2. The lowest BCUT2D eigenvalue weighted by Gasteiger charge is -2.17. The summed E-state index contributed by atoms with van der Waals surface area (Å²) in [6, 6.07) is 7.66. The maximum absolute atomic E-state index is 12.0. The smallest absolute Gasteiger partial charge is 0.283 e. The highest BCUT2D eigenvalue weighted by molar-refractivity contribution is 9.09. The van der Waals surface area contributed by atoms with Gasteiger partial charge in [-0.05, 0) is 17.7 Å². The van der Waals surface area contributed by atoms with Gasteiger partial charge in [-0.3, -0.25) is 4.74 Å². The van der Waals surface area contributed by atoms with Crippen molar-refractivity contribution in [2.45, 2.75) is 12.5 Å². The van der Waals surface area contributed by atoms with Crippen LogP contribution in [0.3, 0.4) is 0 Å². The Morgan fingerprint density at radius 2 is 1.88 bits per heavy atom. The molecular weight excluding hydrogens is 287 g/mol. The fraction of sp³-hybridized carbons (Fsp3) is 0.300. The minimum Gasteiger partial charge on any atom is -0.283 e. The van der Waals surface area contributed by atoms with Crippen LogP contribution in [0.15, 0.2) is 24.3 Å². The Hall–Kier alpha value is -1.06. The molecule has 0 fully saturated rings. The molecule has 1 unspecified atom stereocenters. The minimum absolute atomic E-state index is 0.0262. The number of ether oxygens (including phenoxy) is 1. The predicted octanol–water partition coefficient (Wildman–Crippen LogP) is 3.53. The first kappa shape index (κ1) is 13.0. The topological polar surface area (TPSA) is 33.0 Å². The van der Waals surface area contributed by atoms with Crippen LogP contribution in [0.5, 0.6) is 0 Å². The molecule has 2 nitrogen and oxygen atoms in total. The molecule has 1 aromatic rings. The van der Waals surface area contributed by atoms with E-state index in [0.29, 0.717) is 11.1 Å². The Morgan fingerprint density at radius 3 is 2.25 bits per heavy atom. The van der Waals surface area contributed by atoms with Crippen molar-refractivity contribution in [2.24, 2.45) is 0 Å². The third kappa shape index (κ3) is 3.83. The van der Waals surface area contributed by atoms with Crippen LogP contribution in [-0.4, -0.2) is 11.7 Å². The van der Waals surface area contributed by atoms with Crippen molar-refractivity contribution in [1.29, 1.82) is 5.26 Å². The van der Waals surface area contributed by atoms with E-state index >= 15 is 0 Å². The largest absolute Gasteiger partial charge is 0.523 e. The molecule has 0 bridgehead atoms. The Kier molecular flexibility index (Phi) is 4.33. The zero-order chi connectivity index (χ0) is 12.2. The molecule has 0 aliphatic carbocycles. The minimum atomic E-state index is -4.67. The van der Waals surface area contributed by atoms with Gasteiger partial charge in [0.2, 0.25) is 0 Å². The van der Waals surface area contributed by atoms with Crippen molar-refractivity contribution >= 4 is 15.9 Å². The van der Waals surface area contributed by atoms with Gasteiger partial charge in [-0.2, -0.15) is 5.26 Å². The summed E-state index contributed by atoms with van der Waals surface area (Å²) in [6.45, 7) is 0. The first-order valence-electron chi connectivity index (χ1n) is 4.27. The van der Waals surface area contributed by atoms with Crippen molar-refractivity contribution in [3.8, 4) is 6.07 Å². The third-order valence-electron chi connectivity index (χ3n) is 1.83. The highest BCUT2D eigenvalue weighted by Crippen LogP contribution is 2.29. The van der Waals surface area contributed by atoms with Gasteiger partial charge in [0.05, 0.1) is 11.6 Å². The number of nitrogens with zero attached hydrogens (tertiary/aromatic N) is 1. The Bertz CT molecular complexity index is 383. The summed E-state index contributed by atoms with van der Waals surface area (Å²) in [5.41, 5.74) is 0.761. The van der Waals surface area contributed by atoms with E-state index in [9.17, 15) is 13.2 Å². The van der Waals surface area contributed by atoms with Crippen molar-refractivity contribution in [3.63, 3.8) is 0 Å². The SMILES string of the molecule is N#Cc1ccc(C(CBr)OC(F)(F)F)cc1. The van der Waals surface area contributed by atoms with Gasteiger partial charge in [0.15, 0.2) is 0 Å². The van der Waals surface area contributed by atoms with E-state index in [0.717, 1.165) is 0 Å². The van der Waals surface area contributed by atoms with Gasteiger partial charge >= 0.3 is 6.36 Å². The first-order valence-corrected chi connectivity index (χ1v) is 5.39. The van der Waals surface area contributed by atoms with Gasteiger partial charge in [0.25, 0.3) is 0 Å². The molecule has 0 radical (unpaired) electrons. The van der Waals surface area contributed by atoms with Crippen LogP contribution in [0.1, 0.15) is 17.2 Å². The predicted molar refractivity (Wildman–Crippen MR) is 54.8 cm³/mol. The third-order valence-corrected chi connectivity index (χ3v) is 2.42. The second-order valence-electron chi connectivity index (χ2n) is 2.94. The van der Waals surface area contributed by atoms with Gasteiger partial charge in [0.1, 0.15) is 6.10 Å². The number of nitriles is 1. The molecule has 0 spiro atoms. The van der Waals surface area contributed by atoms with Crippen LogP contribution >= 0.6 is 15.9 Å². The number of benzene rings is 1. The fourth-order valence-electron chi connectivity index (χ4n) is 1.12. The highest BCUT2D eigenvalue weighted by Gasteiger charge is 2.33. The van der Waals surface area contributed by atoms with Crippen LogP contribution in [-0.2, 0) is 4.74 Å². The summed E-state index contributed by atoms with van der Waals surface area (Å²) >= 11 is 2.95.